The van der Waals surface area contributed by atoms with Crippen molar-refractivity contribution in [2.45, 2.75) is 37.6 Å². The van der Waals surface area contributed by atoms with E-state index in [0.29, 0.717) is 19.8 Å². The molecule has 12 nitrogen and oxygen atoms in total. The number of amides is 1. The van der Waals surface area contributed by atoms with Crippen molar-refractivity contribution in [2.75, 3.05) is 46.2 Å². The van der Waals surface area contributed by atoms with Crippen molar-refractivity contribution in [3.8, 4) is 0 Å². The number of aliphatic hydroxyl groups excluding tert-OH is 3. The van der Waals surface area contributed by atoms with E-state index in [-0.39, 0.29) is 19.8 Å². The first-order valence-corrected chi connectivity index (χ1v) is 8.18. The monoisotopic (exact) mass is 378 g/mol. The Bertz CT molecular complexity index is 462. The van der Waals surface area contributed by atoms with Gasteiger partial charge in [-0.25, -0.2) is 0 Å². The van der Waals surface area contributed by atoms with Crippen molar-refractivity contribution in [2.24, 2.45) is 5.11 Å². The molecule has 0 spiro atoms. The first kappa shape index (κ1) is 22.5. The molecule has 26 heavy (non-hydrogen) atoms. The lowest BCUT2D eigenvalue weighted by atomic mass is 9.97. The molecule has 0 bridgehead atoms. The summed E-state index contributed by atoms with van der Waals surface area (Å²) in [7, 11) is 0. The van der Waals surface area contributed by atoms with Crippen LogP contribution in [-0.4, -0.2) is 98.1 Å². The summed E-state index contributed by atoms with van der Waals surface area (Å²) in [6.45, 7) is 2.25. The fraction of sp³-hybridized carbons (Fsp3) is 0.929. The molecule has 5 atom stereocenters. The van der Waals surface area contributed by atoms with Gasteiger partial charge in [0.05, 0.1) is 39.6 Å². The zero-order chi connectivity index (χ0) is 19.4. The van der Waals surface area contributed by atoms with Crippen molar-refractivity contribution in [1.29, 1.82) is 0 Å². The summed E-state index contributed by atoms with van der Waals surface area (Å²) in [5, 5.41) is 35.0. The van der Waals surface area contributed by atoms with Crippen LogP contribution in [0.25, 0.3) is 10.4 Å². The Balaban J connectivity index is 2.30. The van der Waals surface area contributed by atoms with Crippen LogP contribution in [0.5, 0.6) is 0 Å². The van der Waals surface area contributed by atoms with Gasteiger partial charge < -0.3 is 39.6 Å². The molecular weight excluding hydrogens is 352 g/mol. The maximum atomic E-state index is 11.3. The van der Waals surface area contributed by atoms with Gasteiger partial charge in [0, 0.05) is 18.4 Å². The van der Waals surface area contributed by atoms with E-state index < -0.39 is 43.2 Å². The van der Waals surface area contributed by atoms with Gasteiger partial charge in [-0.1, -0.05) is 5.11 Å². The van der Waals surface area contributed by atoms with Crippen LogP contribution >= 0.6 is 0 Å². The Hall–Kier alpha value is -1.50. The molecule has 0 aromatic carbocycles. The topological polar surface area (TPSA) is 175 Å². The molecular formula is C14H26N4O8. The van der Waals surface area contributed by atoms with Crippen LogP contribution in [0, 0.1) is 0 Å². The van der Waals surface area contributed by atoms with Gasteiger partial charge >= 0.3 is 0 Å². The molecule has 1 aliphatic heterocycles. The van der Waals surface area contributed by atoms with E-state index >= 15 is 0 Å². The van der Waals surface area contributed by atoms with Crippen molar-refractivity contribution in [3.63, 3.8) is 0 Å². The number of nitrogens with one attached hydrogen (secondary N) is 1. The first-order chi connectivity index (χ1) is 12.5. The highest BCUT2D eigenvalue weighted by Crippen LogP contribution is 2.22. The second kappa shape index (κ2) is 12.8. The van der Waals surface area contributed by atoms with E-state index in [1.165, 1.54) is 6.92 Å². The number of carbonyl (C=O) groups is 1. The Morgan fingerprint density at radius 3 is 2.46 bits per heavy atom. The molecule has 0 aromatic heterocycles. The number of carbonyl (C=O) groups excluding carboxylic acids is 1. The predicted octanol–water partition coefficient (Wildman–Crippen LogP) is -1.71. The number of hydrogen-bond acceptors (Lipinski definition) is 9. The fourth-order valence-corrected chi connectivity index (χ4v) is 2.31. The minimum absolute atomic E-state index is 0.0977. The minimum Gasteiger partial charge on any atom is -0.394 e. The number of azide groups is 1. The van der Waals surface area contributed by atoms with E-state index in [9.17, 15) is 20.1 Å². The van der Waals surface area contributed by atoms with E-state index in [1.54, 1.807) is 0 Å². The molecule has 12 heteroatoms. The average molecular weight is 378 g/mol. The molecule has 4 N–H and O–H groups in total. The van der Waals surface area contributed by atoms with Gasteiger partial charge in [-0.15, -0.1) is 0 Å². The standard InChI is InChI=1S/C14H26N4O8/c1-9(20)17-11-13(22)12(21)10(8-19)26-14(11)25-7-6-24-5-4-23-3-2-16-18-15/h10-14,19,21-22H,2-8H2,1H3,(H,17,20)/t10-,11-,12+,13+,14+/m0/s1. The first-order valence-electron chi connectivity index (χ1n) is 8.18. The number of rotatable bonds is 12. The summed E-state index contributed by atoms with van der Waals surface area (Å²) in [5.74, 6) is -0.421. The lowest BCUT2D eigenvalue weighted by Gasteiger charge is -2.42. The second-order valence-corrected chi connectivity index (χ2v) is 5.48. The van der Waals surface area contributed by atoms with Crippen molar-refractivity contribution in [1.82, 2.24) is 5.32 Å². The zero-order valence-electron chi connectivity index (χ0n) is 14.6. The van der Waals surface area contributed by atoms with Gasteiger partial charge in [-0.3, -0.25) is 4.79 Å². The summed E-state index contributed by atoms with van der Waals surface area (Å²) in [4.78, 5) is 13.9. The van der Waals surface area contributed by atoms with Crippen LogP contribution in [0.4, 0.5) is 0 Å². The maximum absolute atomic E-state index is 11.3. The average Bonchev–Trinajstić information content (AvgIpc) is 2.62. The van der Waals surface area contributed by atoms with Crippen LogP contribution in [0.1, 0.15) is 6.92 Å². The van der Waals surface area contributed by atoms with Gasteiger partial charge in [-0.05, 0) is 5.53 Å². The molecule has 0 aliphatic carbocycles. The van der Waals surface area contributed by atoms with Gasteiger partial charge in [0.15, 0.2) is 6.29 Å². The van der Waals surface area contributed by atoms with Crippen LogP contribution < -0.4 is 5.32 Å². The van der Waals surface area contributed by atoms with E-state index in [4.69, 9.17) is 24.5 Å². The SMILES string of the molecule is CC(=O)N[C@@H]1[C@H](OCCOCCOCCN=[N+]=[N-])O[C@@H](CO)[C@@H](O)[C@@H]1O. The second-order valence-electron chi connectivity index (χ2n) is 5.48. The van der Waals surface area contributed by atoms with Crippen LogP contribution in [0.15, 0.2) is 5.11 Å². The highest BCUT2D eigenvalue weighted by molar-refractivity contribution is 5.73. The van der Waals surface area contributed by atoms with E-state index in [0.717, 1.165) is 0 Å². The third-order valence-electron chi connectivity index (χ3n) is 3.53. The molecule has 1 fully saturated rings. The highest BCUT2D eigenvalue weighted by atomic mass is 16.7. The van der Waals surface area contributed by atoms with E-state index in [1.807, 2.05) is 0 Å². The molecule has 0 aromatic rings. The number of aliphatic hydroxyl groups is 3. The van der Waals surface area contributed by atoms with Crippen molar-refractivity contribution in [3.05, 3.63) is 10.4 Å². The molecule has 1 rings (SSSR count). The van der Waals surface area contributed by atoms with Crippen LogP contribution in [-0.2, 0) is 23.7 Å². The smallest absolute Gasteiger partial charge is 0.217 e. The normalized spacial score (nSPS) is 28.4. The number of ether oxygens (including phenoxy) is 4. The van der Waals surface area contributed by atoms with Gasteiger partial charge in [0.2, 0.25) is 5.91 Å². The van der Waals surface area contributed by atoms with Gasteiger partial charge in [-0.2, -0.15) is 0 Å². The van der Waals surface area contributed by atoms with Gasteiger partial charge in [0.1, 0.15) is 24.4 Å². The third kappa shape index (κ3) is 7.81. The summed E-state index contributed by atoms with van der Waals surface area (Å²) >= 11 is 0. The molecule has 1 saturated heterocycles. The molecule has 1 amide bonds. The Morgan fingerprint density at radius 1 is 1.19 bits per heavy atom. The summed E-state index contributed by atoms with van der Waals surface area (Å²) in [6.07, 6.45) is -4.76. The summed E-state index contributed by atoms with van der Waals surface area (Å²) < 4.78 is 21.3. The van der Waals surface area contributed by atoms with Crippen molar-refractivity contribution >= 4 is 5.91 Å². The van der Waals surface area contributed by atoms with Crippen LogP contribution in [0.3, 0.4) is 0 Å². The highest BCUT2D eigenvalue weighted by Gasteiger charge is 2.45. The fourth-order valence-electron chi connectivity index (χ4n) is 2.31. The zero-order valence-corrected chi connectivity index (χ0v) is 14.6. The number of hydrogen-bond donors (Lipinski definition) is 4. The molecule has 0 saturated carbocycles. The van der Waals surface area contributed by atoms with Crippen LogP contribution in [0.2, 0.25) is 0 Å². The van der Waals surface area contributed by atoms with Gasteiger partial charge in [0.25, 0.3) is 0 Å². The maximum Gasteiger partial charge on any atom is 0.217 e. The molecule has 0 unspecified atom stereocenters. The lowest BCUT2D eigenvalue weighted by molar-refractivity contribution is -0.272. The predicted molar refractivity (Wildman–Crippen MR) is 87.0 cm³/mol. The third-order valence-corrected chi connectivity index (χ3v) is 3.53. The summed E-state index contributed by atoms with van der Waals surface area (Å²) in [6, 6.07) is -0.977. The number of nitrogens with zero attached hydrogens (tertiary/aromatic N) is 3. The Labute approximate surface area is 150 Å². The van der Waals surface area contributed by atoms with Crippen molar-refractivity contribution < 1.29 is 39.1 Å². The molecule has 0 radical (unpaired) electrons. The Morgan fingerprint density at radius 2 is 1.85 bits per heavy atom. The molecule has 150 valence electrons. The Kier molecular flexibility index (Phi) is 11.1. The minimum atomic E-state index is -1.35. The largest absolute Gasteiger partial charge is 0.394 e. The summed E-state index contributed by atoms with van der Waals surface area (Å²) in [5.41, 5.74) is 8.09. The molecule has 1 heterocycles. The van der Waals surface area contributed by atoms with E-state index in [2.05, 4.69) is 15.3 Å². The molecule has 1 aliphatic rings. The quantitative estimate of drug-likeness (QED) is 0.134. The lowest BCUT2D eigenvalue weighted by Crippen LogP contribution is -2.64.